The highest BCUT2D eigenvalue weighted by Gasteiger charge is 2.15. The summed E-state index contributed by atoms with van der Waals surface area (Å²) in [6.07, 6.45) is 1.05. The fourth-order valence-electron chi connectivity index (χ4n) is 2.27. The zero-order valence-electron chi connectivity index (χ0n) is 9.52. The van der Waals surface area contributed by atoms with Crippen LogP contribution in [0.3, 0.4) is 0 Å². The van der Waals surface area contributed by atoms with Gasteiger partial charge in [0.05, 0.1) is 11.6 Å². The topological polar surface area (TPSA) is 46.1 Å². The maximum Gasteiger partial charge on any atom is 0.269 e. The molecular formula is C13H15N3O. The summed E-state index contributed by atoms with van der Waals surface area (Å²) in [7, 11) is 0. The number of pyridine rings is 1. The van der Waals surface area contributed by atoms with Crippen LogP contribution in [0.2, 0.25) is 0 Å². The molecule has 0 aliphatic carbocycles. The Balaban J connectivity index is 2.06. The molecule has 1 aliphatic rings. The number of rotatable bonds is 2. The van der Waals surface area contributed by atoms with Gasteiger partial charge in [0.15, 0.2) is 0 Å². The molecular weight excluding hydrogens is 214 g/mol. The molecule has 88 valence electrons. The van der Waals surface area contributed by atoms with Crippen molar-refractivity contribution >= 4 is 10.9 Å². The number of nitrogens with one attached hydrogen (secondary N) is 2. The smallest absolute Gasteiger partial charge is 0.269 e. The van der Waals surface area contributed by atoms with E-state index in [1.807, 2.05) is 30.3 Å². The lowest BCUT2D eigenvalue weighted by atomic mass is 10.2. The van der Waals surface area contributed by atoms with Gasteiger partial charge in [0.25, 0.3) is 5.56 Å². The highest BCUT2D eigenvalue weighted by Crippen LogP contribution is 2.10. The largest absolute Gasteiger partial charge is 0.318 e. The molecule has 1 aromatic heterocycles. The van der Waals surface area contributed by atoms with E-state index in [2.05, 4.69) is 10.7 Å². The first-order valence-electron chi connectivity index (χ1n) is 5.93. The van der Waals surface area contributed by atoms with E-state index in [9.17, 15) is 4.79 Å². The zero-order chi connectivity index (χ0) is 11.7. The Hall–Kier alpha value is -1.81. The average Bonchev–Trinajstić information content (AvgIpc) is 2.86. The van der Waals surface area contributed by atoms with Gasteiger partial charge in [0.2, 0.25) is 0 Å². The van der Waals surface area contributed by atoms with Crippen LogP contribution in [0.4, 0.5) is 0 Å². The van der Waals surface area contributed by atoms with E-state index in [-0.39, 0.29) is 5.56 Å². The first-order chi connectivity index (χ1) is 8.34. The van der Waals surface area contributed by atoms with Gasteiger partial charge in [-0.15, -0.1) is 0 Å². The fraction of sp³-hybridized carbons (Fsp3) is 0.308. The zero-order valence-corrected chi connectivity index (χ0v) is 9.52. The minimum Gasteiger partial charge on any atom is -0.318 e. The highest BCUT2D eigenvalue weighted by atomic mass is 16.1. The molecule has 0 bridgehead atoms. The van der Waals surface area contributed by atoms with Crippen LogP contribution in [0.25, 0.3) is 10.9 Å². The molecule has 0 amide bonds. The molecule has 1 fully saturated rings. The van der Waals surface area contributed by atoms with E-state index in [0.29, 0.717) is 6.04 Å². The lowest BCUT2D eigenvalue weighted by Crippen LogP contribution is -2.36. The molecule has 1 aromatic carbocycles. The molecule has 2 N–H and O–H groups in total. The number of para-hydroxylation sites is 1. The first kappa shape index (κ1) is 10.4. The standard InChI is InChI=1S/C13H15N3O/c17-13-6-5-10-3-1-2-4-12(10)16(13)15-11-7-8-14-9-11/h1-6,11,14-15H,7-9H2/t11-/m0/s1. The van der Waals surface area contributed by atoms with Crippen molar-refractivity contribution in [3.05, 3.63) is 46.8 Å². The van der Waals surface area contributed by atoms with E-state index >= 15 is 0 Å². The first-order valence-corrected chi connectivity index (χ1v) is 5.93. The van der Waals surface area contributed by atoms with Gasteiger partial charge in [-0.1, -0.05) is 18.2 Å². The molecule has 2 heterocycles. The van der Waals surface area contributed by atoms with Crippen LogP contribution in [0.5, 0.6) is 0 Å². The predicted octanol–water partition coefficient (Wildman–Crippen LogP) is 0.907. The average molecular weight is 229 g/mol. The molecule has 3 rings (SSSR count). The van der Waals surface area contributed by atoms with Crippen molar-refractivity contribution in [2.45, 2.75) is 12.5 Å². The number of benzene rings is 1. The second-order valence-corrected chi connectivity index (χ2v) is 4.38. The van der Waals surface area contributed by atoms with Gasteiger partial charge in [0.1, 0.15) is 0 Å². The molecule has 4 nitrogen and oxygen atoms in total. The van der Waals surface area contributed by atoms with Gasteiger partial charge < -0.3 is 10.7 Å². The van der Waals surface area contributed by atoms with Crippen LogP contribution in [0.1, 0.15) is 6.42 Å². The van der Waals surface area contributed by atoms with Crippen molar-refractivity contribution in [3.8, 4) is 0 Å². The van der Waals surface area contributed by atoms with Gasteiger partial charge in [-0.2, -0.15) is 0 Å². The maximum atomic E-state index is 11.9. The van der Waals surface area contributed by atoms with Crippen LogP contribution in [-0.4, -0.2) is 23.8 Å². The molecule has 0 unspecified atom stereocenters. The minimum absolute atomic E-state index is 0.00407. The summed E-state index contributed by atoms with van der Waals surface area (Å²) < 4.78 is 1.66. The van der Waals surface area contributed by atoms with Gasteiger partial charge in [-0.05, 0) is 25.1 Å². The summed E-state index contributed by atoms with van der Waals surface area (Å²) in [5, 5.41) is 4.36. The Morgan fingerprint density at radius 3 is 2.94 bits per heavy atom. The monoisotopic (exact) mass is 229 g/mol. The van der Waals surface area contributed by atoms with Crippen molar-refractivity contribution in [3.63, 3.8) is 0 Å². The Morgan fingerprint density at radius 1 is 1.24 bits per heavy atom. The third-order valence-corrected chi connectivity index (χ3v) is 3.18. The summed E-state index contributed by atoms with van der Waals surface area (Å²) in [5.74, 6) is 0. The number of nitrogens with zero attached hydrogens (tertiary/aromatic N) is 1. The van der Waals surface area contributed by atoms with Gasteiger partial charge in [-0.3, -0.25) is 4.79 Å². The summed E-state index contributed by atoms with van der Waals surface area (Å²) in [5.41, 5.74) is 4.23. The highest BCUT2D eigenvalue weighted by molar-refractivity contribution is 5.78. The number of hydrogen-bond acceptors (Lipinski definition) is 3. The Kier molecular flexibility index (Phi) is 2.57. The third-order valence-electron chi connectivity index (χ3n) is 3.18. The van der Waals surface area contributed by atoms with E-state index in [0.717, 1.165) is 30.4 Å². The number of aromatic nitrogens is 1. The number of fused-ring (bicyclic) bond motifs is 1. The van der Waals surface area contributed by atoms with E-state index in [1.165, 1.54) is 0 Å². The Morgan fingerprint density at radius 2 is 2.12 bits per heavy atom. The van der Waals surface area contributed by atoms with E-state index in [4.69, 9.17) is 0 Å². The predicted molar refractivity (Wildman–Crippen MR) is 68.8 cm³/mol. The maximum absolute atomic E-state index is 11.9. The van der Waals surface area contributed by atoms with Crippen molar-refractivity contribution in [2.24, 2.45) is 0 Å². The molecule has 0 saturated carbocycles. The van der Waals surface area contributed by atoms with Crippen molar-refractivity contribution in [1.29, 1.82) is 0 Å². The van der Waals surface area contributed by atoms with E-state index in [1.54, 1.807) is 10.7 Å². The van der Waals surface area contributed by atoms with Crippen molar-refractivity contribution < 1.29 is 0 Å². The van der Waals surface area contributed by atoms with Crippen molar-refractivity contribution in [2.75, 3.05) is 18.5 Å². The summed E-state index contributed by atoms with van der Waals surface area (Å²) in [6, 6.07) is 11.7. The van der Waals surface area contributed by atoms with Gasteiger partial charge in [0, 0.05) is 18.0 Å². The molecule has 0 radical (unpaired) electrons. The van der Waals surface area contributed by atoms with Gasteiger partial charge >= 0.3 is 0 Å². The summed E-state index contributed by atoms with van der Waals surface area (Å²) >= 11 is 0. The van der Waals surface area contributed by atoms with Crippen LogP contribution < -0.4 is 16.3 Å². The van der Waals surface area contributed by atoms with E-state index < -0.39 is 0 Å². The summed E-state index contributed by atoms with van der Waals surface area (Å²) in [6.45, 7) is 1.92. The van der Waals surface area contributed by atoms with Crippen molar-refractivity contribution in [1.82, 2.24) is 9.99 Å². The van der Waals surface area contributed by atoms with Crippen LogP contribution >= 0.6 is 0 Å². The molecule has 1 saturated heterocycles. The Labute approximate surface area is 99.2 Å². The quantitative estimate of drug-likeness (QED) is 0.804. The SMILES string of the molecule is O=c1ccc2ccccc2n1N[C@H]1CCNC1. The molecule has 0 spiro atoms. The lowest BCUT2D eigenvalue weighted by Gasteiger charge is -2.17. The molecule has 17 heavy (non-hydrogen) atoms. The Bertz CT molecular complexity index is 584. The second-order valence-electron chi connectivity index (χ2n) is 4.38. The molecule has 1 aliphatic heterocycles. The van der Waals surface area contributed by atoms with Crippen LogP contribution in [0, 0.1) is 0 Å². The normalized spacial score (nSPS) is 19.6. The lowest BCUT2D eigenvalue weighted by molar-refractivity contribution is 0.682. The second kappa shape index (κ2) is 4.22. The fourth-order valence-corrected chi connectivity index (χ4v) is 2.27. The van der Waals surface area contributed by atoms with Gasteiger partial charge in [-0.25, -0.2) is 4.68 Å². The third kappa shape index (κ3) is 1.91. The minimum atomic E-state index is -0.00407. The number of hydrogen-bond donors (Lipinski definition) is 2. The molecule has 4 heteroatoms. The molecule has 1 atom stereocenters. The van der Waals surface area contributed by atoms with Crippen LogP contribution in [-0.2, 0) is 0 Å². The van der Waals surface area contributed by atoms with Crippen LogP contribution in [0.15, 0.2) is 41.2 Å². The molecule has 2 aromatic rings. The summed E-state index contributed by atoms with van der Waals surface area (Å²) in [4.78, 5) is 11.9.